The van der Waals surface area contributed by atoms with Gasteiger partial charge in [-0.25, -0.2) is 5.43 Å². The van der Waals surface area contributed by atoms with Crippen LogP contribution in [0.3, 0.4) is 0 Å². The van der Waals surface area contributed by atoms with Crippen LogP contribution in [0.1, 0.15) is 28.4 Å². The highest BCUT2D eigenvalue weighted by atomic mass is 16.5. The number of ether oxygens (including phenoxy) is 1. The molecule has 2 aromatic carbocycles. The van der Waals surface area contributed by atoms with Crippen molar-refractivity contribution in [1.29, 1.82) is 0 Å². The van der Waals surface area contributed by atoms with Gasteiger partial charge in [0.1, 0.15) is 5.75 Å². The Kier molecular flexibility index (Phi) is 7.07. The zero-order valence-electron chi connectivity index (χ0n) is 14.6. The summed E-state index contributed by atoms with van der Waals surface area (Å²) in [6.45, 7) is 2.25. The summed E-state index contributed by atoms with van der Waals surface area (Å²) in [5, 5.41) is 17.3. The maximum atomic E-state index is 11.7. The molecule has 2 rings (SSSR count). The van der Waals surface area contributed by atoms with Crippen molar-refractivity contribution in [3.05, 3.63) is 65.2 Å². The molecule has 0 aliphatic heterocycles. The van der Waals surface area contributed by atoms with E-state index in [-0.39, 0.29) is 17.9 Å². The number of benzene rings is 2. The van der Waals surface area contributed by atoms with E-state index in [1.807, 2.05) is 30.3 Å². The second-order valence-corrected chi connectivity index (χ2v) is 5.34. The molecule has 140 valence electrons. The van der Waals surface area contributed by atoms with Gasteiger partial charge in [-0.3, -0.25) is 9.59 Å². The van der Waals surface area contributed by atoms with E-state index in [0.29, 0.717) is 12.2 Å². The molecule has 8 nitrogen and oxygen atoms in total. The van der Waals surface area contributed by atoms with Crippen molar-refractivity contribution >= 4 is 24.0 Å². The monoisotopic (exact) mass is 368 g/mol. The summed E-state index contributed by atoms with van der Waals surface area (Å²) in [6.07, 6.45) is 1.21. The zero-order valence-corrected chi connectivity index (χ0v) is 14.6. The third-order valence-electron chi connectivity index (χ3n) is 3.41. The number of carboxylic acid groups (broad SMARTS) is 1. The van der Waals surface area contributed by atoms with E-state index in [9.17, 15) is 19.5 Å². The molecule has 0 aliphatic carbocycles. The van der Waals surface area contributed by atoms with Gasteiger partial charge in [0.25, 0.3) is 0 Å². The van der Waals surface area contributed by atoms with Gasteiger partial charge in [-0.15, -0.1) is 0 Å². The van der Waals surface area contributed by atoms with Gasteiger partial charge in [-0.05, 0) is 36.2 Å². The average Bonchev–Trinajstić information content (AvgIpc) is 2.67. The van der Waals surface area contributed by atoms with Crippen molar-refractivity contribution in [3.63, 3.8) is 0 Å². The van der Waals surface area contributed by atoms with Gasteiger partial charge in [0.15, 0.2) is 0 Å². The molecular formula is C19H18N3O5-. The number of hydrogen-bond donors (Lipinski definition) is 2. The van der Waals surface area contributed by atoms with Crippen molar-refractivity contribution in [2.45, 2.75) is 13.5 Å². The summed E-state index contributed by atoms with van der Waals surface area (Å²) in [5.41, 5.74) is 3.19. The van der Waals surface area contributed by atoms with Crippen LogP contribution < -0.4 is 20.6 Å². The number of hydrogen-bond acceptors (Lipinski definition) is 6. The van der Waals surface area contributed by atoms with Gasteiger partial charge in [0.05, 0.1) is 18.8 Å². The van der Waals surface area contributed by atoms with Gasteiger partial charge >= 0.3 is 11.8 Å². The number of carbonyl (C=O) groups excluding carboxylic acids is 3. The summed E-state index contributed by atoms with van der Waals surface area (Å²) in [5.74, 6) is -2.98. The standard InChI is InChI=1S/C19H19N3O5/c1-2-27-16-9-8-14(10-15(16)19(25)26)12-21-22-18(24)17(23)20-11-13-6-4-3-5-7-13/h3-10,12H,2,11H2,1H3,(H,20,23)(H,22,24)(H,25,26)/p-1/b21-12-. The lowest BCUT2D eigenvalue weighted by Crippen LogP contribution is -2.37. The Labute approximate surface area is 155 Å². The fourth-order valence-corrected chi connectivity index (χ4v) is 2.14. The minimum absolute atomic E-state index is 0.132. The van der Waals surface area contributed by atoms with Crippen LogP contribution in [-0.2, 0) is 16.1 Å². The van der Waals surface area contributed by atoms with Gasteiger partial charge in [-0.2, -0.15) is 5.10 Å². The molecule has 0 radical (unpaired) electrons. The minimum Gasteiger partial charge on any atom is -0.545 e. The lowest BCUT2D eigenvalue weighted by atomic mass is 10.1. The van der Waals surface area contributed by atoms with Crippen LogP contribution in [-0.4, -0.2) is 30.6 Å². The first-order chi connectivity index (χ1) is 13.0. The second-order valence-electron chi connectivity index (χ2n) is 5.34. The first kappa shape index (κ1) is 19.6. The summed E-state index contributed by atoms with van der Waals surface area (Å²) < 4.78 is 5.20. The van der Waals surface area contributed by atoms with Crippen LogP contribution in [0, 0.1) is 0 Å². The fraction of sp³-hybridized carbons (Fsp3) is 0.158. The topological polar surface area (TPSA) is 120 Å². The third kappa shape index (κ3) is 5.96. The molecule has 8 heteroatoms. The highest BCUT2D eigenvalue weighted by Gasteiger charge is 2.12. The first-order valence-electron chi connectivity index (χ1n) is 8.14. The van der Waals surface area contributed by atoms with Gasteiger partial charge < -0.3 is 20.0 Å². The van der Waals surface area contributed by atoms with E-state index in [4.69, 9.17) is 4.74 Å². The van der Waals surface area contributed by atoms with Gasteiger partial charge in [0.2, 0.25) is 0 Å². The van der Waals surface area contributed by atoms with Crippen molar-refractivity contribution in [1.82, 2.24) is 10.7 Å². The van der Waals surface area contributed by atoms with E-state index >= 15 is 0 Å². The van der Waals surface area contributed by atoms with Gasteiger partial charge in [-0.1, -0.05) is 30.3 Å². The van der Waals surface area contributed by atoms with E-state index in [1.165, 1.54) is 18.3 Å². The Balaban J connectivity index is 1.92. The Morgan fingerprint density at radius 2 is 1.85 bits per heavy atom. The van der Waals surface area contributed by atoms with Gasteiger partial charge in [0, 0.05) is 12.1 Å². The van der Waals surface area contributed by atoms with E-state index in [1.54, 1.807) is 13.0 Å². The van der Waals surface area contributed by atoms with Crippen molar-refractivity contribution in [2.24, 2.45) is 5.10 Å². The summed E-state index contributed by atoms with van der Waals surface area (Å²) >= 11 is 0. The normalized spacial score (nSPS) is 10.4. The molecule has 0 bridgehead atoms. The number of nitrogens with one attached hydrogen (secondary N) is 2. The largest absolute Gasteiger partial charge is 0.545 e. The molecule has 2 aromatic rings. The molecule has 0 atom stereocenters. The van der Waals surface area contributed by atoms with Crippen LogP contribution in [0.15, 0.2) is 53.6 Å². The highest BCUT2D eigenvalue weighted by Crippen LogP contribution is 2.19. The van der Waals surface area contributed by atoms with E-state index in [0.717, 1.165) is 5.56 Å². The van der Waals surface area contributed by atoms with Crippen LogP contribution in [0.4, 0.5) is 0 Å². The van der Waals surface area contributed by atoms with Crippen LogP contribution in [0.25, 0.3) is 0 Å². The maximum Gasteiger partial charge on any atom is 0.329 e. The van der Waals surface area contributed by atoms with E-state index < -0.39 is 17.8 Å². The lowest BCUT2D eigenvalue weighted by Gasteiger charge is -2.11. The number of amides is 2. The molecule has 27 heavy (non-hydrogen) atoms. The molecule has 0 unspecified atom stereocenters. The lowest BCUT2D eigenvalue weighted by molar-refractivity contribution is -0.255. The molecule has 0 saturated carbocycles. The predicted octanol–water partition coefficient (Wildman–Crippen LogP) is 0.215. The molecule has 2 amide bonds. The number of carbonyl (C=O) groups is 3. The number of rotatable bonds is 7. The summed E-state index contributed by atoms with van der Waals surface area (Å²) in [7, 11) is 0. The molecule has 0 spiro atoms. The second kappa shape index (κ2) is 9.71. The zero-order chi connectivity index (χ0) is 19.6. The number of hydrazone groups is 1. The number of aromatic carboxylic acids is 1. The summed E-state index contributed by atoms with van der Waals surface area (Å²) in [4.78, 5) is 34.6. The Hall–Kier alpha value is -3.68. The number of nitrogens with zero attached hydrogens (tertiary/aromatic N) is 1. The Morgan fingerprint density at radius 3 is 2.52 bits per heavy atom. The Morgan fingerprint density at radius 1 is 1.11 bits per heavy atom. The molecular weight excluding hydrogens is 350 g/mol. The highest BCUT2D eigenvalue weighted by molar-refractivity contribution is 6.35. The van der Waals surface area contributed by atoms with Crippen molar-refractivity contribution < 1.29 is 24.2 Å². The molecule has 2 N–H and O–H groups in total. The smallest absolute Gasteiger partial charge is 0.329 e. The third-order valence-corrected chi connectivity index (χ3v) is 3.41. The Bertz CT molecular complexity index is 850. The summed E-state index contributed by atoms with van der Waals surface area (Å²) in [6, 6.07) is 13.4. The van der Waals surface area contributed by atoms with Crippen LogP contribution >= 0.6 is 0 Å². The minimum atomic E-state index is -1.39. The SMILES string of the molecule is CCOc1ccc(/C=N\NC(=O)C(=O)NCc2ccccc2)cc1C(=O)[O-]. The molecule has 0 heterocycles. The molecule has 0 aromatic heterocycles. The predicted molar refractivity (Wildman–Crippen MR) is 96.0 cm³/mol. The van der Waals surface area contributed by atoms with Crippen LogP contribution in [0.5, 0.6) is 5.75 Å². The first-order valence-corrected chi connectivity index (χ1v) is 8.14. The van der Waals surface area contributed by atoms with Crippen molar-refractivity contribution in [2.75, 3.05) is 6.61 Å². The maximum absolute atomic E-state index is 11.7. The van der Waals surface area contributed by atoms with Crippen molar-refractivity contribution in [3.8, 4) is 5.75 Å². The molecule has 0 aliphatic rings. The number of carboxylic acids is 1. The molecule has 0 saturated heterocycles. The van der Waals surface area contributed by atoms with E-state index in [2.05, 4.69) is 15.8 Å². The quantitative estimate of drug-likeness (QED) is 0.411. The average molecular weight is 368 g/mol. The fourth-order valence-electron chi connectivity index (χ4n) is 2.14. The molecule has 0 fully saturated rings. The van der Waals surface area contributed by atoms with Crippen LogP contribution in [0.2, 0.25) is 0 Å².